The fourth-order valence-electron chi connectivity index (χ4n) is 1.90. The Kier molecular flexibility index (Phi) is 3.83. The highest BCUT2D eigenvalue weighted by Gasteiger charge is 2.12. The molecule has 1 unspecified atom stereocenters. The smallest absolute Gasteiger partial charge is 0.0825 e. The molecule has 0 bridgehead atoms. The first-order valence-corrected chi connectivity index (χ1v) is 6.44. The van der Waals surface area contributed by atoms with Crippen LogP contribution in [0.25, 0.3) is 0 Å². The van der Waals surface area contributed by atoms with Crippen molar-refractivity contribution in [3.8, 4) is 0 Å². The summed E-state index contributed by atoms with van der Waals surface area (Å²) in [7, 11) is 1.90. The van der Waals surface area contributed by atoms with Crippen LogP contribution in [0.15, 0.2) is 24.4 Å². The predicted molar refractivity (Wildman–Crippen MR) is 76.4 cm³/mol. The zero-order valence-electron chi connectivity index (χ0n) is 10.5. The molecule has 0 aliphatic carbocycles. The summed E-state index contributed by atoms with van der Waals surface area (Å²) in [6.07, 6.45) is 1.95. The summed E-state index contributed by atoms with van der Waals surface area (Å²) >= 11 is 12.1. The van der Waals surface area contributed by atoms with Crippen molar-refractivity contribution in [1.82, 2.24) is 9.78 Å². The molecule has 5 heteroatoms. The molecule has 3 nitrogen and oxygen atoms in total. The highest BCUT2D eigenvalue weighted by molar-refractivity contribution is 6.35. The van der Waals surface area contributed by atoms with Crippen molar-refractivity contribution in [3.05, 3.63) is 45.7 Å². The average molecular weight is 284 g/mol. The van der Waals surface area contributed by atoms with Gasteiger partial charge in [0.15, 0.2) is 0 Å². The van der Waals surface area contributed by atoms with Gasteiger partial charge in [0.05, 0.1) is 17.4 Å². The highest BCUT2D eigenvalue weighted by Crippen LogP contribution is 2.29. The third-order valence-electron chi connectivity index (χ3n) is 2.81. The van der Waals surface area contributed by atoms with E-state index >= 15 is 0 Å². The Morgan fingerprint density at radius 3 is 2.61 bits per heavy atom. The molecule has 0 saturated carbocycles. The number of hydrogen-bond acceptors (Lipinski definition) is 2. The normalized spacial score (nSPS) is 12.5. The van der Waals surface area contributed by atoms with E-state index in [9.17, 15) is 0 Å². The second-order valence-corrected chi connectivity index (χ2v) is 5.18. The molecule has 0 spiro atoms. The van der Waals surface area contributed by atoms with Crippen LogP contribution in [0.4, 0.5) is 5.69 Å². The first kappa shape index (κ1) is 13.2. The molecule has 18 heavy (non-hydrogen) atoms. The Balaban J connectivity index is 2.21. The summed E-state index contributed by atoms with van der Waals surface area (Å²) in [4.78, 5) is 0. The van der Waals surface area contributed by atoms with E-state index in [4.69, 9.17) is 23.2 Å². The number of halogens is 2. The molecule has 1 atom stereocenters. The minimum Gasteiger partial charge on any atom is -0.376 e. The lowest BCUT2D eigenvalue weighted by atomic mass is 10.1. The summed E-state index contributed by atoms with van der Waals surface area (Å²) in [5.74, 6) is 0. The Hall–Kier alpha value is -1.19. The molecule has 0 saturated heterocycles. The van der Waals surface area contributed by atoms with Gasteiger partial charge in [0.25, 0.3) is 0 Å². The van der Waals surface area contributed by atoms with Crippen LogP contribution in [0.2, 0.25) is 10.0 Å². The van der Waals surface area contributed by atoms with Crippen LogP contribution in [-0.4, -0.2) is 9.78 Å². The number of aromatic nitrogens is 2. The van der Waals surface area contributed by atoms with Crippen LogP contribution in [0.1, 0.15) is 24.2 Å². The Labute approximate surface area is 117 Å². The minimum atomic E-state index is 0.0951. The number of nitrogens with one attached hydrogen (secondary N) is 1. The zero-order valence-corrected chi connectivity index (χ0v) is 12.0. The van der Waals surface area contributed by atoms with Crippen LogP contribution in [0.3, 0.4) is 0 Å². The Bertz CT molecular complexity index is 563. The molecule has 2 rings (SSSR count). The molecule has 0 aliphatic heterocycles. The maximum absolute atomic E-state index is 6.19. The molecule has 0 radical (unpaired) electrons. The van der Waals surface area contributed by atoms with E-state index in [0.29, 0.717) is 10.0 Å². The standard InChI is InChI=1S/C13H15Cl2N3/c1-8(11-5-4-10(14)6-12(11)15)16-13-7-18(3)17-9(13)2/h4-8,16H,1-3H3. The number of hydrogen-bond donors (Lipinski definition) is 1. The number of anilines is 1. The summed E-state index contributed by atoms with van der Waals surface area (Å²) in [6, 6.07) is 5.63. The predicted octanol–water partition coefficient (Wildman–Crippen LogP) is 4.21. The lowest BCUT2D eigenvalue weighted by molar-refractivity contribution is 0.756. The molecular weight excluding hydrogens is 269 g/mol. The van der Waals surface area contributed by atoms with Crippen molar-refractivity contribution in [2.45, 2.75) is 19.9 Å². The molecule has 0 fully saturated rings. The van der Waals surface area contributed by atoms with Crippen molar-refractivity contribution in [2.24, 2.45) is 7.05 Å². The summed E-state index contributed by atoms with van der Waals surface area (Å²) in [6.45, 7) is 4.03. The Morgan fingerprint density at radius 1 is 1.33 bits per heavy atom. The molecule has 1 aromatic heterocycles. The third kappa shape index (κ3) is 2.79. The quantitative estimate of drug-likeness (QED) is 0.915. The number of rotatable bonds is 3. The SMILES string of the molecule is Cc1nn(C)cc1NC(C)c1ccc(Cl)cc1Cl. The molecule has 1 aromatic carbocycles. The number of benzene rings is 1. The first-order chi connectivity index (χ1) is 8.47. The fourth-order valence-corrected chi connectivity index (χ4v) is 2.48. The molecule has 1 heterocycles. The van der Waals surface area contributed by atoms with Gasteiger partial charge in [-0.3, -0.25) is 4.68 Å². The van der Waals surface area contributed by atoms with E-state index in [2.05, 4.69) is 17.3 Å². The molecule has 1 N–H and O–H groups in total. The number of nitrogens with zero attached hydrogens (tertiary/aromatic N) is 2. The topological polar surface area (TPSA) is 29.9 Å². The summed E-state index contributed by atoms with van der Waals surface area (Å²) in [5.41, 5.74) is 3.00. The van der Waals surface area contributed by atoms with E-state index < -0.39 is 0 Å². The van der Waals surface area contributed by atoms with Gasteiger partial charge >= 0.3 is 0 Å². The van der Waals surface area contributed by atoms with Gasteiger partial charge in [0.1, 0.15) is 0 Å². The summed E-state index contributed by atoms with van der Waals surface area (Å²) in [5, 5.41) is 9.01. The zero-order chi connectivity index (χ0) is 13.3. The molecule has 96 valence electrons. The third-order valence-corrected chi connectivity index (χ3v) is 3.38. The van der Waals surface area contributed by atoms with Gasteiger partial charge in [-0.05, 0) is 31.5 Å². The first-order valence-electron chi connectivity index (χ1n) is 5.69. The lowest BCUT2D eigenvalue weighted by Crippen LogP contribution is -2.07. The molecule has 2 aromatic rings. The van der Waals surface area contributed by atoms with Gasteiger partial charge in [0, 0.05) is 23.3 Å². The van der Waals surface area contributed by atoms with Crippen molar-refractivity contribution >= 4 is 28.9 Å². The van der Waals surface area contributed by atoms with Crippen molar-refractivity contribution in [1.29, 1.82) is 0 Å². The second kappa shape index (κ2) is 5.21. The Morgan fingerprint density at radius 2 is 2.06 bits per heavy atom. The van der Waals surface area contributed by atoms with Gasteiger partial charge in [-0.15, -0.1) is 0 Å². The van der Waals surface area contributed by atoms with E-state index in [0.717, 1.165) is 16.9 Å². The fraction of sp³-hybridized carbons (Fsp3) is 0.308. The largest absolute Gasteiger partial charge is 0.376 e. The highest BCUT2D eigenvalue weighted by atomic mass is 35.5. The average Bonchev–Trinajstić information content (AvgIpc) is 2.57. The van der Waals surface area contributed by atoms with Crippen LogP contribution >= 0.6 is 23.2 Å². The van der Waals surface area contributed by atoms with E-state index in [-0.39, 0.29) is 6.04 Å². The van der Waals surface area contributed by atoms with Gasteiger partial charge in [0.2, 0.25) is 0 Å². The molecule has 0 amide bonds. The van der Waals surface area contributed by atoms with Crippen molar-refractivity contribution in [3.63, 3.8) is 0 Å². The van der Waals surface area contributed by atoms with Crippen molar-refractivity contribution < 1.29 is 0 Å². The number of aryl methyl sites for hydroxylation is 2. The van der Waals surface area contributed by atoms with E-state index in [1.54, 1.807) is 10.7 Å². The molecular formula is C13H15Cl2N3. The second-order valence-electron chi connectivity index (χ2n) is 4.33. The summed E-state index contributed by atoms with van der Waals surface area (Å²) < 4.78 is 1.79. The minimum absolute atomic E-state index is 0.0951. The maximum Gasteiger partial charge on any atom is 0.0825 e. The van der Waals surface area contributed by atoms with Gasteiger partial charge in [-0.2, -0.15) is 5.10 Å². The van der Waals surface area contributed by atoms with Crippen LogP contribution in [0, 0.1) is 6.92 Å². The van der Waals surface area contributed by atoms with Gasteiger partial charge in [-0.25, -0.2) is 0 Å². The van der Waals surface area contributed by atoms with Crippen molar-refractivity contribution in [2.75, 3.05) is 5.32 Å². The van der Waals surface area contributed by atoms with Gasteiger partial charge < -0.3 is 5.32 Å². The van der Waals surface area contributed by atoms with Crippen LogP contribution < -0.4 is 5.32 Å². The maximum atomic E-state index is 6.19. The van der Waals surface area contributed by atoms with E-state index in [1.165, 1.54) is 0 Å². The van der Waals surface area contributed by atoms with E-state index in [1.807, 2.05) is 32.3 Å². The molecule has 0 aliphatic rings. The monoisotopic (exact) mass is 283 g/mol. The van der Waals surface area contributed by atoms with Gasteiger partial charge in [-0.1, -0.05) is 29.3 Å². The lowest BCUT2D eigenvalue weighted by Gasteiger charge is -2.16. The van der Waals surface area contributed by atoms with Crippen LogP contribution in [0.5, 0.6) is 0 Å². The van der Waals surface area contributed by atoms with Crippen LogP contribution in [-0.2, 0) is 7.05 Å².